The smallest absolute Gasteiger partial charge is 0.237 e. The molecule has 1 atom stereocenters. The molecule has 0 aliphatic carbocycles. The van der Waals surface area contributed by atoms with Crippen LogP contribution in [0.5, 0.6) is 0 Å². The lowest BCUT2D eigenvalue weighted by Crippen LogP contribution is -2.46. The zero-order valence-corrected chi connectivity index (χ0v) is 10.3. The second kappa shape index (κ2) is 5.82. The second-order valence-electron chi connectivity index (χ2n) is 4.71. The molecule has 1 aliphatic heterocycles. The Balaban J connectivity index is 1.81. The van der Waals surface area contributed by atoms with Crippen molar-refractivity contribution in [2.75, 3.05) is 6.54 Å². The minimum Gasteiger partial charge on any atom is -0.351 e. The summed E-state index contributed by atoms with van der Waals surface area (Å²) in [7, 11) is 0. The van der Waals surface area contributed by atoms with Crippen LogP contribution in [0.15, 0.2) is 24.3 Å². The minimum atomic E-state index is 0.00852. The fourth-order valence-electron chi connectivity index (χ4n) is 2.09. The fourth-order valence-corrected chi connectivity index (χ4v) is 2.09. The van der Waals surface area contributed by atoms with Gasteiger partial charge in [-0.15, -0.1) is 0 Å². The lowest BCUT2D eigenvalue weighted by molar-refractivity contribution is -0.123. The average molecular weight is 232 g/mol. The first-order chi connectivity index (χ1) is 8.25. The molecule has 1 amide bonds. The number of piperidine rings is 1. The summed E-state index contributed by atoms with van der Waals surface area (Å²) in [5.74, 6) is 0.130. The number of hydrogen-bond donors (Lipinski definition) is 2. The summed E-state index contributed by atoms with van der Waals surface area (Å²) in [6, 6.07) is 8.27. The van der Waals surface area contributed by atoms with Crippen molar-refractivity contribution in [2.45, 2.75) is 38.8 Å². The maximum absolute atomic E-state index is 11.9. The highest BCUT2D eigenvalue weighted by atomic mass is 16.2. The Morgan fingerprint density at radius 2 is 2.12 bits per heavy atom. The quantitative estimate of drug-likeness (QED) is 0.833. The normalized spacial score (nSPS) is 19.9. The molecule has 1 aliphatic rings. The van der Waals surface area contributed by atoms with Gasteiger partial charge in [-0.25, -0.2) is 0 Å². The maximum atomic E-state index is 11.9. The number of benzene rings is 1. The summed E-state index contributed by atoms with van der Waals surface area (Å²) in [4.78, 5) is 11.9. The van der Waals surface area contributed by atoms with Crippen molar-refractivity contribution < 1.29 is 4.79 Å². The molecule has 1 fully saturated rings. The van der Waals surface area contributed by atoms with Crippen molar-refractivity contribution in [3.05, 3.63) is 35.4 Å². The molecule has 1 aromatic carbocycles. The van der Waals surface area contributed by atoms with E-state index in [1.807, 2.05) is 0 Å². The molecular formula is C14H20N2O. The van der Waals surface area contributed by atoms with E-state index in [1.54, 1.807) is 0 Å². The summed E-state index contributed by atoms with van der Waals surface area (Å²) in [6.45, 7) is 3.65. The SMILES string of the molecule is Cc1ccc(CNC(=O)[C@@H]2CCCCN2)cc1. The van der Waals surface area contributed by atoms with E-state index in [1.165, 1.54) is 12.0 Å². The number of carbonyl (C=O) groups excluding carboxylic acids is 1. The van der Waals surface area contributed by atoms with Gasteiger partial charge in [0.15, 0.2) is 0 Å². The van der Waals surface area contributed by atoms with Crippen LogP contribution < -0.4 is 10.6 Å². The first-order valence-corrected chi connectivity index (χ1v) is 6.32. The van der Waals surface area contributed by atoms with E-state index in [4.69, 9.17) is 0 Å². The van der Waals surface area contributed by atoms with Crippen molar-refractivity contribution in [2.24, 2.45) is 0 Å². The number of nitrogens with one attached hydrogen (secondary N) is 2. The Kier molecular flexibility index (Phi) is 4.15. The van der Waals surface area contributed by atoms with Crippen molar-refractivity contribution in [3.63, 3.8) is 0 Å². The molecule has 0 spiro atoms. The molecule has 0 aromatic heterocycles. The van der Waals surface area contributed by atoms with Crippen LogP contribution in [-0.2, 0) is 11.3 Å². The standard InChI is InChI=1S/C14H20N2O/c1-11-5-7-12(8-6-11)10-16-14(17)13-4-2-3-9-15-13/h5-8,13,15H,2-4,9-10H2,1H3,(H,16,17)/t13-/m0/s1. The van der Waals surface area contributed by atoms with Gasteiger partial charge in [-0.05, 0) is 31.9 Å². The first-order valence-electron chi connectivity index (χ1n) is 6.32. The molecular weight excluding hydrogens is 212 g/mol. The van der Waals surface area contributed by atoms with Crippen molar-refractivity contribution in [3.8, 4) is 0 Å². The molecule has 92 valence electrons. The van der Waals surface area contributed by atoms with Gasteiger partial charge in [0.1, 0.15) is 0 Å². The number of amides is 1. The Labute approximate surface area is 103 Å². The third kappa shape index (κ3) is 3.56. The molecule has 0 bridgehead atoms. The molecule has 0 saturated carbocycles. The van der Waals surface area contributed by atoms with Crippen LogP contribution >= 0.6 is 0 Å². The van der Waals surface area contributed by atoms with Gasteiger partial charge in [0.05, 0.1) is 6.04 Å². The van der Waals surface area contributed by atoms with E-state index >= 15 is 0 Å². The van der Waals surface area contributed by atoms with Gasteiger partial charge in [-0.2, -0.15) is 0 Å². The number of aryl methyl sites for hydroxylation is 1. The molecule has 17 heavy (non-hydrogen) atoms. The van der Waals surface area contributed by atoms with Crippen LogP contribution in [0.1, 0.15) is 30.4 Å². The third-order valence-corrected chi connectivity index (χ3v) is 3.21. The van der Waals surface area contributed by atoms with Crippen LogP contribution in [-0.4, -0.2) is 18.5 Å². The molecule has 0 unspecified atom stereocenters. The molecule has 3 nitrogen and oxygen atoms in total. The van der Waals surface area contributed by atoms with Gasteiger partial charge in [-0.1, -0.05) is 36.2 Å². The molecule has 1 aromatic rings. The number of rotatable bonds is 3. The van der Waals surface area contributed by atoms with Crippen molar-refractivity contribution in [1.29, 1.82) is 0 Å². The Hall–Kier alpha value is -1.35. The second-order valence-corrected chi connectivity index (χ2v) is 4.71. The summed E-state index contributed by atoms with van der Waals surface area (Å²) in [5, 5.41) is 6.24. The zero-order chi connectivity index (χ0) is 12.1. The summed E-state index contributed by atoms with van der Waals surface area (Å²) < 4.78 is 0. The fraction of sp³-hybridized carbons (Fsp3) is 0.500. The van der Waals surface area contributed by atoms with Crippen LogP contribution in [0.3, 0.4) is 0 Å². The van der Waals surface area contributed by atoms with Gasteiger partial charge < -0.3 is 10.6 Å². The zero-order valence-electron chi connectivity index (χ0n) is 10.3. The molecule has 2 rings (SSSR count). The Morgan fingerprint density at radius 1 is 1.35 bits per heavy atom. The monoisotopic (exact) mass is 232 g/mol. The number of carbonyl (C=O) groups is 1. The van der Waals surface area contributed by atoms with Crippen LogP contribution in [0.25, 0.3) is 0 Å². The summed E-state index contributed by atoms with van der Waals surface area (Å²) >= 11 is 0. The highest BCUT2D eigenvalue weighted by Gasteiger charge is 2.19. The van der Waals surface area contributed by atoms with Gasteiger partial charge in [0, 0.05) is 6.54 Å². The van der Waals surface area contributed by atoms with Gasteiger partial charge in [0.25, 0.3) is 0 Å². The first kappa shape index (κ1) is 12.1. The van der Waals surface area contributed by atoms with Crippen LogP contribution in [0.4, 0.5) is 0 Å². The molecule has 3 heteroatoms. The van der Waals surface area contributed by atoms with Gasteiger partial charge in [-0.3, -0.25) is 4.79 Å². The van der Waals surface area contributed by atoms with E-state index in [9.17, 15) is 4.79 Å². The van der Waals surface area contributed by atoms with E-state index in [-0.39, 0.29) is 11.9 Å². The van der Waals surface area contributed by atoms with Gasteiger partial charge in [0.2, 0.25) is 5.91 Å². The molecule has 0 radical (unpaired) electrons. The predicted octanol–water partition coefficient (Wildman–Crippen LogP) is 1.75. The topological polar surface area (TPSA) is 41.1 Å². The Morgan fingerprint density at radius 3 is 2.76 bits per heavy atom. The van der Waals surface area contributed by atoms with Crippen molar-refractivity contribution in [1.82, 2.24) is 10.6 Å². The Bertz CT molecular complexity index is 366. The maximum Gasteiger partial charge on any atom is 0.237 e. The minimum absolute atomic E-state index is 0.00852. The van der Waals surface area contributed by atoms with E-state index < -0.39 is 0 Å². The number of hydrogen-bond acceptors (Lipinski definition) is 2. The molecule has 1 saturated heterocycles. The third-order valence-electron chi connectivity index (χ3n) is 3.21. The summed E-state index contributed by atoms with van der Waals surface area (Å²) in [6.07, 6.45) is 3.29. The summed E-state index contributed by atoms with van der Waals surface area (Å²) in [5.41, 5.74) is 2.40. The van der Waals surface area contributed by atoms with Crippen molar-refractivity contribution >= 4 is 5.91 Å². The van der Waals surface area contributed by atoms with Gasteiger partial charge >= 0.3 is 0 Å². The van der Waals surface area contributed by atoms with Crippen LogP contribution in [0, 0.1) is 6.92 Å². The van der Waals surface area contributed by atoms with E-state index in [0.717, 1.165) is 24.9 Å². The largest absolute Gasteiger partial charge is 0.351 e. The van der Waals surface area contributed by atoms with E-state index in [0.29, 0.717) is 6.54 Å². The molecule has 1 heterocycles. The lowest BCUT2D eigenvalue weighted by atomic mass is 10.0. The highest BCUT2D eigenvalue weighted by molar-refractivity contribution is 5.81. The highest BCUT2D eigenvalue weighted by Crippen LogP contribution is 2.07. The lowest BCUT2D eigenvalue weighted by Gasteiger charge is -2.22. The predicted molar refractivity (Wildman–Crippen MR) is 68.7 cm³/mol. The molecule has 2 N–H and O–H groups in total. The van der Waals surface area contributed by atoms with Crippen LogP contribution in [0.2, 0.25) is 0 Å². The average Bonchev–Trinajstić information content (AvgIpc) is 2.39. The van der Waals surface area contributed by atoms with E-state index in [2.05, 4.69) is 41.8 Å².